The van der Waals surface area contributed by atoms with E-state index >= 15 is 0 Å². The molecule has 0 spiro atoms. The van der Waals surface area contributed by atoms with E-state index in [1.54, 1.807) is 12.5 Å². The van der Waals surface area contributed by atoms with Crippen LogP contribution in [0.5, 0.6) is 0 Å². The van der Waals surface area contributed by atoms with E-state index in [0.29, 0.717) is 37.6 Å². The van der Waals surface area contributed by atoms with Gasteiger partial charge in [0.25, 0.3) is 11.6 Å². The maximum absolute atomic E-state index is 13.3. The lowest BCUT2D eigenvalue weighted by atomic mass is 10.3. The van der Waals surface area contributed by atoms with Crippen molar-refractivity contribution < 1.29 is 27.6 Å². The molecular formula is C19H25ClN4O7S2. The summed E-state index contributed by atoms with van der Waals surface area (Å²) >= 11 is 6.97. The van der Waals surface area contributed by atoms with Crippen molar-refractivity contribution in [3.63, 3.8) is 0 Å². The second kappa shape index (κ2) is 12.9. The van der Waals surface area contributed by atoms with Crippen molar-refractivity contribution in [2.75, 3.05) is 40.5 Å². The van der Waals surface area contributed by atoms with Crippen LogP contribution in [0, 0.1) is 10.1 Å². The highest BCUT2D eigenvalue weighted by Crippen LogP contribution is 2.29. The summed E-state index contributed by atoms with van der Waals surface area (Å²) in [5, 5.41) is 15.7. The Labute approximate surface area is 200 Å². The number of sulfonamides is 1. The van der Waals surface area contributed by atoms with Crippen LogP contribution in [0.4, 0.5) is 5.69 Å². The first-order valence-corrected chi connectivity index (χ1v) is 12.5. The second-order valence-electron chi connectivity index (χ2n) is 6.78. The maximum atomic E-state index is 13.3. The third kappa shape index (κ3) is 7.69. The summed E-state index contributed by atoms with van der Waals surface area (Å²) in [4.78, 5) is 26.7. The highest BCUT2D eigenvalue weighted by atomic mass is 35.5. The first kappa shape index (κ1) is 27.1. The molecular weight excluding hydrogens is 496 g/mol. The van der Waals surface area contributed by atoms with Crippen LogP contribution >= 0.6 is 22.9 Å². The Bertz CT molecular complexity index is 1060. The van der Waals surface area contributed by atoms with Gasteiger partial charge in [-0.15, -0.1) is 11.3 Å². The molecule has 14 heteroatoms. The predicted molar refractivity (Wildman–Crippen MR) is 123 cm³/mol. The fourth-order valence-electron chi connectivity index (χ4n) is 2.76. The van der Waals surface area contributed by atoms with Gasteiger partial charge in [0.15, 0.2) is 0 Å². The number of hydrogen-bond acceptors (Lipinski definition) is 9. The number of nitro groups is 1. The Balaban J connectivity index is 2.23. The molecule has 0 aliphatic carbocycles. The SMILES string of the molecule is COCCCNC(=O)c1csc(CN(CCCOC)S(=O)(=O)c2ccc(Cl)c([N+](=O)[O-])c2)n1. The smallest absolute Gasteiger partial charge is 0.289 e. The van der Waals surface area contributed by atoms with Gasteiger partial charge in [-0.2, -0.15) is 4.31 Å². The van der Waals surface area contributed by atoms with Crippen LogP contribution in [-0.4, -0.2) is 69.1 Å². The molecule has 0 saturated carbocycles. The van der Waals surface area contributed by atoms with E-state index in [2.05, 4.69) is 10.3 Å². The fourth-order valence-corrected chi connectivity index (χ4v) is 5.28. The lowest BCUT2D eigenvalue weighted by Crippen LogP contribution is -2.32. The highest BCUT2D eigenvalue weighted by molar-refractivity contribution is 7.89. The van der Waals surface area contributed by atoms with Gasteiger partial charge in [-0.25, -0.2) is 13.4 Å². The van der Waals surface area contributed by atoms with E-state index in [1.165, 1.54) is 19.2 Å². The number of methoxy groups -OCH3 is 2. The van der Waals surface area contributed by atoms with E-state index in [9.17, 15) is 23.3 Å². The zero-order valence-electron chi connectivity index (χ0n) is 18.2. The van der Waals surface area contributed by atoms with Crippen LogP contribution in [0.3, 0.4) is 0 Å². The summed E-state index contributed by atoms with van der Waals surface area (Å²) < 4.78 is 37.6. The number of nitro benzene ring substituents is 1. The fraction of sp³-hybridized carbons (Fsp3) is 0.474. The minimum Gasteiger partial charge on any atom is -0.385 e. The largest absolute Gasteiger partial charge is 0.385 e. The van der Waals surface area contributed by atoms with Gasteiger partial charge in [-0.05, 0) is 25.0 Å². The van der Waals surface area contributed by atoms with E-state index in [1.807, 2.05) is 0 Å². The van der Waals surface area contributed by atoms with Gasteiger partial charge in [-0.1, -0.05) is 11.6 Å². The summed E-state index contributed by atoms with van der Waals surface area (Å²) in [5.41, 5.74) is -0.319. The van der Waals surface area contributed by atoms with Crippen molar-refractivity contribution in [2.45, 2.75) is 24.3 Å². The number of carbonyl (C=O) groups excluding carboxylic acids is 1. The zero-order valence-corrected chi connectivity index (χ0v) is 20.5. The first-order valence-electron chi connectivity index (χ1n) is 9.85. The number of rotatable bonds is 14. The number of hydrogen-bond donors (Lipinski definition) is 1. The minimum absolute atomic E-state index is 0.0880. The van der Waals surface area contributed by atoms with Crippen LogP contribution in [0.15, 0.2) is 28.5 Å². The van der Waals surface area contributed by atoms with Crippen molar-refractivity contribution in [1.82, 2.24) is 14.6 Å². The van der Waals surface area contributed by atoms with Crippen molar-refractivity contribution in [2.24, 2.45) is 0 Å². The van der Waals surface area contributed by atoms with E-state index < -0.39 is 20.6 Å². The van der Waals surface area contributed by atoms with Crippen LogP contribution in [0.2, 0.25) is 5.02 Å². The third-order valence-corrected chi connectivity index (χ3v) is 7.41. The Morgan fingerprint density at radius 3 is 2.64 bits per heavy atom. The molecule has 0 atom stereocenters. The molecule has 182 valence electrons. The highest BCUT2D eigenvalue weighted by Gasteiger charge is 2.28. The molecule has 0 saturated heterocycles. The van der Waals surface area contributed by atoms with Gasteiger partial charge in [0.1, 0.15) is 15.7 Å². The van der Waals surface area contributed by atoms with Gasteiger partial charge in [0.05, 0.1) is 16.4 Å². The number of benzene rings is 1. The van der Waals surface area contributed by atoms with Crippen LogP contribution in [0.1, 0.15) is 28.3 Å². The minimum atomic E-state index is -4.12. The number of halogens is 1. The quantitative estimate of drug-likeness (QED) is 0.228. The van der Waals surface area contributed by atoms with Crippen molar-refractivity contribution in [3.8, 4) is 0 Å². The average Bonchev–Trinajstić information content (AvgIpc) is 3.24. The predicted octanol–water partition coefficient (Wildman–Crippen LogP) is 2.70. The molecule has 2 aromatic rings. The summed E-state index contributed by atoms with van der Waals surface area (Å²) in [5.74, 6) is -0.365. The van der Waals surface area contributed by atoms with Crippen molar-refractivity contribution >= 4 is 44.6 Å². The normalized spacial score (nSPS) is 11.6. The van der Waals surface area contributed by atoms with Gasteiger partial charge >= 0.3 is 0 Å². The number of nitrogens with one attached hydrogen (secondary N) is 1. The molecule has 11 nitrogen and oxygen atoms in total. The molecule has 2 rings (SSSR count). The summed E-state index contributed by atoms with van der Waals surface area (Å²) in [6.07, 6.45) is 1.04. The third-order valence-electron chi connectivity index (χ3n) is 4.41. The molecule has 33 heavy (non-hydrogen) atoms. The number of nitrogens with zero attached hydrogens (tertiary/aromatic N) is 3. The van der Waals surface area contributed by atoms with E-state index in [4.69, 9.17) is 21.1 Å². The van der Waals surface area contributed by atoms with E-state index in [-0.39, 0.29) is 34.6 Å². The lowest BCUT2D eigenvalue weighted by molar-refractivity contribution is -0.384. The van der Waals surface area contributed by atoms with Gasteiger partial charge in [0.2, 0.25) is 10.0 Å². The standard InChI is InChI=1S/C19H25ClN4O7S2/c1-30-9-3-7-21-19(25)16-13-32-18(22-16)12-23(8-4-10-31-2)33(28,29)14-5-6-15(20)17(11-14)24(26)27/h5-6,11,13H,3-4,7-10,12H2,1-2H3,(H,21,25). The Hall–Kier alpha value is -2.16. The molecule has 0 fully saturated rings. The van der Waals surface area contributed by atoms with Crippen LogP contribution in [0.25, 0.3) is 0 Å². The molecule has 0 aliphatic heterocycles. The Morgan fingerprint density at radius 2 is 1.97 bits per heavy atom. The summed E-state index contributed by atoms with van der Waals surface area (Å²) in [6.45, 7) is 1.24. The Morgan fingerprint density at radius 1 is 1.27 bits per heavy atom. The second-order valence-corrected chi connectivity index (χ2v) is 10.1. The van der Waals surface area contributed by atoms with Gasteiger partial charge in [0, 0.05) is 52.0 Å². The first-order chi connectivity index (χ1) is 15.7. The Kier molecular flexibility index (Phi) is 10.6. The molecule has 1 aromatic carbocycles. The summed E-state index contributed by atoms with van der Waals surface area (Å²) in [6, 6.07) is 3.33. The number of amides is 1. The molecule has 1 amide bonds. The molecule has 0 bridgehead atoms. The molecule has 0 aliphatic rings. The molecule has 1 N–H and O–H groups in total. The number of carbonyl (C=O) groups is 1. The lowest BCUT2D eigenvalue weighted by Gasteiger charge is -2.21. The molecule has 0 unspecified atom stereocenters. The van der Waals surface area contributed by atoms with Gasteiger partial charge in [-0.3, -0.25) is 14.9 Å². The molecule has 1 heterocycles. The van der Waals surface area contributed by atoms with Crippen molar-refractivity contribution in [1.29, 1.82) is 0 Å². The number of ether oxygens (including phenoxy) is 2. The maximum Gasteiger partial charge on any atom is 0.289 e. The number of thiazole rings is 1. The topological polar surface area (TPSA) is 141 Å². The monoisotopic (exact) mass is 520 g/mol. The number of aromatic nitrogens is 1. The molecule has 0 radical (unpaired) electrons. The average molecular weight is 521 g/mol. The zero-order chi connectivity index (χ0) is 24.4. The van der Waals surface area contributed by atoms with Crippen molar-refractivity contribution in [3.05, 3.63) is 49.4 Å². The molecule has 1 aromatic heterocycles. The van der Waals surface area contributed by atoms with Crippen LogP contribution < -0.4 is 5.32 Å². The van der Waals surface area contributed by atoms with Crippen LogP contribution in [-0.2, 0) is 26.0 Å². The van der Waals surface area contributed by atoms with E-state index in [0.717, 1.165) is 21.7 Å². The summed E-state index contributed by atoms with van der Waals surface area (Å²) in [7, 11) is -1.04. The van der Waals surface area contributed by atoms with Gasteiger partial charge < -0.3 is 14.8 Å².